The molecule has 2 heterocycles. The van der Waals surface area contributed by atoms with Crippen molar-refractivity contribution in [1.29, 1.82) is 0 Å². The van der Waals surface area contributed by atoms with Gasteiger partial charge >= 0.3 is 0 Å². The molecule has 1 atom stereocenters. The van der Waals surface area contributed by atoms with Crippen LogP contribution in [-0.2, 0) is 4.74 Å². The number of aromatic nitrogens is 2. The first-order chi connectivity index (χ1) is 6.34. The fraction of sp³-hybridized carbons (Fsp3) is 0.750. The first-order valence-corrected chi connectivity index (χ1v) is 5.30. The van der Waals surface area contributed by atoms with Gasteiger partial charge in [0.05, 0.1) is 12.6 Å². The molecule has 1 aromatic rings. The van der Waals surface area contributed by atoms with E-state index >= 15 is 0 Å². The molecule has 0 amide bonds. The largest absolute Gasteiger partial charge is 0.379 e. The Labute approximate surface area is 81.3 Å². The zero-order valence-corrected chi connectivity index (χ0v) is 8.43. The zero-order chi connectivity index (χ0) is 9.10. The van der Waals surface area contributed by atoms with Gasteiger partial charge in [-0.25, -0.2) is 0 Å². The maximum atomic E-state index is 5.36. The molecule has 0 saturated carbocycles. The summed E-state index contributed by atoms with van der Waals surface area (Å²) >= 11 is 1.59. The van der Waals surface area contributed by atoms with Crippen LogP contribution < -0.4 is 5.32 Å². The van der Waals surface area contributed by atoms with Crippen LogP contribution >= 0.6 is 11.3 Å². The highest BCUT2D eigenvalue weighted by Crippen LogP contribution is 2.17. The summed E-state index contributed by atoms with van der Waals surface area (Å²) in [7, 11) is 0. The number of nitrogens with one attached hydrogen (secondary N) is 1. The lowest BCUT2D eigenvalue weighted by molar-refractivity contribution is 0.0876. The first-order valence-electron chi connectivity index (χ1n) is 4.49. The Balaban J connectivity index is 1.89. The van der Waals surface area contributed by atoms with Crippen LogP contribution in [0.15, 0.2) is 0 Å². The second-order valence-corrected chi connectivity index (χ2v) is 4.37. The van der Waals surface area contributed by atoms with Gasteiger partial charge in [0, 0.05) is 6.61 Å². The molecule has 1 aliphatic rings. The molecule has 5 heteroatoms. The van der Waals surface area contributed by atoms with Crippen molar-refractivity contribution < 1.29 is 4.74 Å². The Morgan fingerprint density at radius 3 is 3.08 bits per heavy atom. The van der Waals surface area contributed by atoms with Gasteiger partial charge in [0.25, 0.3) is 0 Å². The van der Waals surface area contributed by atoms with Gasteiger partial charge in [-0.2, -0.15) is 0 Å². The molecule has 0 aromatic carbocycles. The van der Waals surface area contributed by atoms with Crippen molar-refractivity contribution in [3.63, 3.8) is 0 Å². The van der Waals surface area contributed by atoms with E-state index in [2.05, 4.69) is 15.5 Å². The lowest BCUT2D eigenvalue weighted by atomic mass is 10.1. The molecule has 1 N–H and O–H groups in total. The molecular formula is C8H13N3OS. The fourth-order valence-corrected chi connectivity index (χ4v) is 2.05. The van der Waals surface area contributed by atoms with Crippen molar-refractivity contribution in [2.45, 2.75) is 25.8 Å². The van der Waals surface area contributed by atoms with Crippen molar-refractivity contribution in [3.8, 4) is 0 Å². The van der Waals surface area contributed by atoms with Gasteiger partial charge in [0.1, 0.15) is 5.01 Å². The van der Waals surface area contributed by atoms with E-state index in [0.29, 0.717) is 6.04 Å². The van der Waals surface area contributed by atoms with E-state index in [1.54, 1.807) is 11.3 Å². The summed E-state index contributed by atoms with van der Waals surface area (Å²) in [6.45, 7) is 3.65. The maximum absolute atomic E-state index is 5.36. The van der Waals surface area contributed by atoms with Crippen molar-refractivity contribution in [3.05, 3.63) is 5.01 Å². The molecule has 0 spiro atoms. The SMILES string of the molecule is Cc1nnc(NC2CCCOC2)s1. The van der Waals surface area contributed by atoms with Crippen LogP contribution in [-0.4, -0.2) is 29.5 Å². The average molecular weight is 199 g/mol. The van der Waals surface area contributed by atoms with Crippen LogP contribution in [0.3, 0.4) is 0 Å². The summed E-state index contributed by atoms with van der Waals surface area (Å²) < 4.78 is 5.36. The Bertz CT molecular complexity index is 270. The number of anilines is 1. The third-order valence-corrected chi connectivity index (χ3v) is 2.78. The van der Waals surface area contributed by atoms with Crippen molar-refractivity contribution >= 4 is 16.5 Å². The van der Waals surface area contributed by atoms with Gasteiger partial charge in [0.2, 0.25) is 5.13 Å². The van der Waals surface area contributed by atoms with Crippen molar-refractivity contribution in [2.24, 2.45) is 0 Å². The molecule has 0 aliphatic carbocycles. The van der Waals surface area contributed by atoms with Gasteiger partial charge < -0.3 is 10.1 Å². The molecule has 1 aliphatic heterocycles. The third kappa shape index (κ3) is 2.38. The number of hydrogen-bond donors (Lipinski definition) is 1. The standard InChI is InChI=1S/C8H13N3OS/c1-6-10-11-8(13-6)9-7-3-2-4-12-5-7/h7H,2-5H2,1H3,(H,9,11). The Morgan fingerprint density at radius 2 is 2.46 bits per heavy atom. The van der Waals surface area contributed by atoms with E-state index in [1.165, 1.54) is 6.42 Å². The van der Waals surface area contributed by atoms with Crippen LogP contribution in [0.2, 0.25) is 0 Å². The smallest absolute Gasteiger partial charge is 0.205 e. The van der Waals surface area contributed by atoms with E-state index in [9.17, 15) is 0 Å². The quantitative estimate of drug-likeness (QED) is 0.783. The topological polar surface area (TPSA) is 47.0 Å². The summed E-state index contributed by atoms with van der Waals surface area (Å²) in [6.07, 6.45) is 2.30. The van der Waals surface area contributed by atoms with Crippen molar-refractivity contribution in [2.75, 3.05) is 18.5 Å². The second-order valence-electron chi connectivity index (χ2n) is 3.18. The number of nitrogens with zero attached hydrogens (tertiary/aromatic N) is 2. The lowest BCUT2D eigenvalue weighted by Gasteiger charge is -2.22. The normalized spacial score (nSPS) is 23.0. The summed E-state index contributed by atoms with van der Waals surface area (Å²) in [6, 6.07) is 0.418. The summed E-state index contributed by atoms with van der Waals surface area (Å²) in [5.74, 6) is 0. The van der Waals surface area contributed by atoms with Crippen molar-refractivity contribution in [1.82, 2.24) is 10.2 Å². The van der Waals surface area contributed by atoms with Gasteiger partial charge in [-0.15, -0.1) is 10.2 Å². The number of hydrogen-bond acceptors (Lipinski definition) is 5. The monoisotopic (exact) mass is 199 g/mol. The number of rotatable bonds is 2. The molecule has 13 heavy (non-hydrogen) atoms. The van der Waals surface area contributed by atoms with E-state index in [1.807, 2.05) is 6.92 Å². The fourth-order valence-electron chi connectivity index (χ4n) is 1.38. The minimum Gasteiger partial charge on any atom is -0.379 e. The zero-order valence-electron chi connectivity index (χ0n) is 7.62. The predicted molar refractivity (Wildman–Crippen MR) is 52.1 cm³/mol. The Morgan fingerprint density at radius 1 is 1.54 bits per heavy atom. The molecular weight excluding hydrogens is 186 g/mol. The molecule has 72 valence electrons. The number of aryl methyl sites for hydroxylation is 1. The van der Waals surface area contributed by atoms with Crippen LogP contribution in [0.1, 0.15) is 17.8 Å². The lowest BCUT2D eigenvalue weighted by Crippen LogP contribution is -2.29. The van der Waals surface area contributed by atoms with Crippen LogP contribution in [0.4, 0.5) is 5.13 Å². The molecule has 2 rings (SSSR count). The van der Waals surface area contributed by atoms with E-state index in [4.69, 9.17) is 4.74 Å². The average Bonchev–Trinajstić information content (AvgIpc) is 2.53. The third-order valence-electron chi connectivity index (χ3n) is 2.01. The summed E-state index contributed by atoms with van der Waals surface area (Å²) in [5, 5.41) is 13.2. The van der Waals surface area contributed by atoms with Gasteiger partial charge in [-0.05, 0) is 19.8 Å². The molecule has 0 radical (unpaired) electrons. The first kappa shape index (κ1) is 8.90. The van der Waals surface area contributed by atoms with E-state index < -0.39 is 0 Å². The van der Waals surface area contributed by atoms with Gasteiger partial charge in [0.15, 0.2) is 0 Å². The second kappa shape index (κ2) is 4.02. The van der Waals surface area contributed by atoms with E-state index in [0.717, 1.165) is 29.8 Å². The molecule has 1 unspecified atom stereocenters. The summed E-state index contributed by atoms with van der Waals surface area (Å²) in [4.78, 5) is 0. The highest BCUT2D eigenvalue weighted by atomic mass is 32.1. The Hall–Kier alpha value is -0.680. The maximum Gasteiger partial charge on any atom is 0.205 e. The van der Waals surface area contributed by atoms with E-state index in [-0.39, 0.29) is 0 Å². The minimum atomic E-state index is 0.418. The van der Waals surface area contributed by atoms with Gasteiger partial charge in [-0.1, -0.05) is 11.3 Å². The molecule has 1 fully saturated rings. The highest BCUT2D eigenvalue weighted by Gasteiger charge is 2.14. The predicted octanol–water partition coefficient (Wildman–Crippen LogP) is 1.44. The molecule has 0 bridgehead atoms. The van der Waals surface area contributed by atoms with Crippen LogP contribution in [0.25, 0.3) is 0 Å². The highest BCUT2D eigenvalue weighted by molar-refractivity contribution is 7.15. The van der Waals surface area contributed by atoms with Crippen LogP contribution in [0.5, 0.6) is 0 Å². The van der Waals surface area contributed by atoms with Gasteiger partial charge in [-0.3, -0.25) is 0 Å². The summed E-state index contributed by atoms with van der Waals surface area (Å²) in [5.41, 5.74) is 0. The molecule has 1 saturated heterocycles. The van der Waals surface area contributed by atoms with Crippen LogP contribution in [0, 0.1) is 6.92 Å². The minimum absolute atomic E-state index is 0.418. The molecule has 1 aromatic heterocycles. The molecule has 4 nitrogen and oxygen atoms in total. The number of ether oxygens (including phenoxy) is 1. The Kier molecular flexibility index (Phi) is 2.75.